The fraction of sp³-hybridized carbons (Fsp3) is 0.133. The molecular formula is C15H13N3O4S. The molecule has 0 spiro atoms. The second-order valence-corrected chi connectivity index (χ2v) is 6.27. The quantitative estimate of drug-likeness (QED) is 0.853. The first kappa shape index (κ1) is 16.5. The largest absolute Gasteiger partial charge is 0.360 e. The Hall–Kier alpha value is -2.92. The Balaban J connectivity index is 2.20. The van der Waals surface area contributed by atoms with E-state index in [2.05, 4.69) is 5.16 Å². The summed E-state index contributed by atoms with van der Waals surface area (Å²) in [5.74, 6) is -0.737. The fourth-order valence-electron chi connectivity index (χ4n) is 1.99. The highest BCUT2D eigenvalue weighted by Crippen LogP contribution is 2.18. The van der Waals surface area contributed by atoms with Crippen molar-refractivity contribution in [2.45, 2.75) is 18.7 Å². The van der Waals surface area contributed by atoms with Gasteiger partial charge in [0.05, 0.1) is 11.6 Å². The predicted octanol–water partition coefficient (Wildman–Crippen LogP) is 1.68. The summed E-state index contributed by atoms with van der Waals surface area (Å²) in [7, 11) is -4.07. The van der Waals surface area contributed by atoms with Crippen LogP contribution in [-0.4, -0.2) is 19.5 Å². The van der Waals surface area contributed by atoms with Crippen LogP contribution in [0.15, 0.2) is 39.8 Å². The number of carbonyl (C=O) groups is 1. The lowest BCUT2D eigenvalue weighted by Gasteiger charge is -2.03. The number of hydrogen-bond donors (Lipinski definition) is 1. The van der Waals surface area contributed by atoms with Crippen LogP contribution < -0.4 is 4.72 Å². The summed E-state index contributed by atoms with van der Waals surface area (Å²) in [6.07, 6.45) is 2.42. The zero-order valence-electron chi connectivity index (χ0n) is 12.4. The van der Waals surface area contributed by atoms with E-state index < -0.39 is 15.9 Å². The van der Waals surface area contributed by atoms with Crippen LogP contribution in [0.2, 0.25) is 0 Å². The van der Waals surface area contributed by atoms with E-state index in [4.69, 9.17) is 9.78 Å². The van der Waals surface area contributed by atoms with Crippen molar-refractivity contribution in [3.63, 3.8) is 0 Å². The van der Waals surface area contributed by atoms with Gasteiger partial charge in [0.25, 0.3) is 15.9 Å². The Kier molecular flexibility index (Phi) is 4.62. The van der Waals surface area contributed by atoms with Gasteiger partial charge in [0.1, 0.15) is 5.69 Å². The first-order valence-corrected chi connectivity index (χ1v) is 8.00. The molecule has 0 atom stereocenters. The Bertz CT molecular complexity index is 901. The Morgan fingerprint density at radius 3 is 2.65 bits per heavy atom. The van der Waals surface area contributed by atoms with Gasteiger partial charge in [-0.2, -0.15) is 5.26 Å². The van der Waals surface area contributed by atoms with Crippen molar-refractivity contribution in [3.8, 4) is 6.07 Å². The Morgan fingerprint density at radius 2 is 2.04 bits per heavy atom. The molecule has 1 amide bonds. The van der Waals surface area contributed by atoms with E-state index in [0.29, 0.717) is 11.1 Å². The van der Waals surface area contributed by atoms with Crippen LogP contribution in [0, 0.1) is 25.2 Å². The van der Waals surface area contributed by atoms with Crippen molar-refractivity contribution in [2.24, 2.45) is 0 Å². The van der Waals surface area contributed by atoms with Crippen LogP contribution in [-0.2, 0) is 14.8 Å². The molecule has 1 heterocycles. The van der Waals surface area contributed by atoms with Crippen molar-refractivity contribution < 1.29 is 17.7 Å². The number of aryl methyl sites for hydroxylation is 2. The number of nitriles is 1. The van der Waals surface area contributed by atoms with Crippen LogP contribution in [0.1, 0.15) is 22.6 Å². The molecule has 0 saturated heterocycles. The standard InChI is InChI=1S/C15H13N3O4S/c1-10-15(11(2)22-17-10)23(20,21)18-14(19)8-7-12-5-3-4-6-13(12)9-16/h3-8H,1-2H3,(H,18,19)/b8-7+. The van der Waals surface area contributed by atoms with Crippen LogP contribution in [0.4, 0.5) is 0 Å². The number of nitrogens with one attached hydrogen (secondary N) is 1. The first-order valence-electron chi connectivity index (χ1n) is 6.52. The fourth-order valence-corrected chi connectivity index (χ4v) is 3.26. The average molecular weight is 331 g/mol. The third kappa shape index (κ3) is 3.64. The number of aromatic nitrogens is 1. The minimum Gasteiger partial charge on any atom is -0.360 e. The molecule has 1 aromatic carbocycles. The molecule has 0 saturated carbocycles. The summed E-state index contributed by atoms with van der Waals surface area (Å²) in [6, 6.07) is 8.62. The van der Waals surface area contributed by atoms with Gasteiger partial charge >= 0.3 is 0 Å². The zero-order chi connectivity index (χ0) is 17.0. The summed E-state index contributed by atoms with van der Waals surface area (Å²) in [5.41, 5.74) is 1.06. The molecule has 0 radical (unpaired) electrons. The van der Waals surface area contributed by atoms with E-state index in [1.165, 1.54) is 19.9 Å². The van der Waals surface area contributed by atoms with Crippen LogP contribution in [0.25, 0.3) is 6.08 Å². The highest BCUT2D eigenvalue weighted by molar-refractivity contribution is 7.90. The van der Waals surface area contributed by atoms with Gasteiger partial charge in [-0.1, -0.05) is 23.4 Å². The maximum Gasteiger partial charge on any atom is 0.269 e. The molecule has 0 aliphatic rings. The third-order valence-electron chi connectivity index (χ3n) is 2.97. The molecule has 118 valence electrons. The molecular weight excluding hydrogens is 318 g/mol. The summed E-state index contributed by atoms with van der Waals surface area (Å²) < 4.78 is 31.0. The van der Waals surface area contributed by atoms with Gasteiger partial charge in [0, 0.05) is 6.08 Å². The predicted molar refractivity (Wildman–Crippen MR) is 81.5 cm³/mol. The summed E-state index contributed by atoms with van der Waals surface area (Å²) in [5, 5.41) is 12.5. The summed E-state index contributed by atoms with van der Waals surface area (Å²) in [4.78, 5) is 11.7. The van der Waals surface area contributed by atoms with Crippen molar-refractivity contribution in [2.75, 3.05) is 0 Å². The van der Waals surface area contributed by atoms with Gasteiger partial charge in [0.2, 0.25) is 0 Å². The number of nitrogens with zero attached hydrogens (tertiary/aromatic N) is 2. The SMILES string of the molecule is Cc1noc(C)c1S(=O)(=O)NC(=O)/C=C/c1ccccc1C#N. The second-order valence-electron chi connectivity index (χ2n) is 4.66. The van der Waals surface area contributed by atoms with E-state index in [9.17, 15) is 13.2 Å². The van der Waals surface area contributed by atoms with Gasteiger partial charge in [-0.05, 0) is 31.6 Å². The zero-order valence-corrected chi connectivity index (χ0v) is 13.2. The molecule has 2 aromatic rings. The van der Waals surface area contributed by atoms with E-state index in [1.54, 1.807) is 24.3 Å². The molecule has 1 N–H and O–H groups in total. The van der Waals surface area contributed by atoms with E-state index in [-0.39, 0.29) is 16.3 Å². The third-order valence-corrected chi connectivity index (χ3v) is 4.56. The molecule has 7 nitrogen and oxygen atoms in total. The number of benzene rings is 1. The van der Waals surface area contributed by atoms with Gasteiger partial charge in [0.15, 0.2) is 10.7 Å². The monoisotopic (exact) mass is 331 g/mol. The highest BCUT2D eigenvalue weighted by Gasteiger charge is 2.25. The summed E-state index contributed by atoms with van der Waals surface area (Å²) >= 11 is 0. The van der Waals surface area contributed by atoms with Crippen LogP contribution >= 0.6 is 0 Å². The van der Waals surface area contributed by atoms with E-state index in [1.807, 2.05) is 10.8 Å². The molecule has 0 unspecified atom stereocenters. The van der Waals surface area contributed by atoms with Crippen LogP contribution in [0.3, 0.4) is 0 Å². The minimum atomic E-state index is -4.07. The Morgan fingerprint density at radius 1 is 1.35 bits per heavy atom. The van der Waals surface area contributed by atoms with E-state index >= 15 is 0 Å². The number of carbonyl (C=O) groups excluding carboxylic acids is 1. The van der Waals surface area contributed by atoms with Crippen molar-refractivity contribution in [3.05, 3.63) is 52.9 Å². The average Bonchev–Trinajstić information content (AvgIpc) is 2.84. The van der Waals surface area contributed by atoms with Gasteiger partial charge in [-0.3, -0.25) is 4.79 Å². The van der Waals surface area contributed by atoms with E-state index in [0.717, 1.165) is 6.08 Å². The van der Waals surface area contributed by atoms with Crippen LogP contribution in [0.5, 0.6) is 0 Å². The van der Waals surface area contributed by atoms with Crippen molar-refractivity contribution in [1.82, 2.24) is 9.88 Å². The maximum absolute atomic E-state index is 12.2. The molecule has 1 aromatic heterocycles. The number of rotatable bonds is 4. The lowest BCUT2D eigenvalue weighted by atomic mass is 10.1. The normalized spacial score (nSPS) is 11.3. The number of amides is 1. The Labute approximate surface area is 133 Å². The molecule has 0 bridgehead atoms. The maximum atomic E-state index is 12.2. The minimum absolute atomic E-state index is 0.0987. The van der Waals surface area contributed by atoms with Crippen molar-refractivity contribution >= 4 is 22.0 Å². The van der Waals surface area contributed by atoms with Gasteiger partial charge < -0.3 is 4.52 Å². The molecule has 2 rings (SSSR count). The van der Waals surface area contributed by atoms with Gasteiger partial charge in [-0.15, -0.1) is 0 Å². The molecule has 0 aliphatic heterocycles. The van der Waals surface area contributed by atoms with Gasteiger partial charge in [-0.25, -0.2) is 13.1 Å². The lowest BCUT2D eigenvalue weighted by Crippen LogP contribution is -2.29. The molecule has 8 heteroatoms. The first-order chi connectivity index (χ1) is 10.8. The smallest absolute Gasteiger partial charge is 0.269 e. The molecule has 0 fully saturated rings. The number of sulfonamides is 1. The number of hydrogen-bond acceptors (Lipinski definition) is 6. The molecule has 23 heavy (non-hydrogen) atoms. The molecule has 0 aliphatic carbocycles. The topological polar surface area (TPSA) is 113 Å². The lowest BCUT2D eigenvalue weighted by molar-refractivity contribution is -0.114. The highest BCUT2D eigenvalue weighted by atomic mass is 32.2. The summed E-state index contributed by atoms with van der Waals surface area (Å²) in [6.45, 7) is 2.91. The second kappa shape index (κ2) is 6.46. The van der Waals surface area contributed by atoms with Crippen molar-refractivity contribution in [1.29, 1.82) is 5.26 Å².